The predicted octanol–water partition coefficient (Wildman–Crippen LogP) is 2.40. The topological polar surface area (TPSA) is 81.5 Å². The van der Waals surface area contributed by atoms with Crippen LogP contribution in [-0.2, 0) is 10.3 Å². The molecule has 5 nitrogen and oxygen atoms in total. The van der Waals surface area contributed by atoms with E-state index in [1.807, 2.05) is 0 Å². The van der Waals surface area contributed by atoms with Crippen molar-refractivity contribution in [1.29, 1.82) is 0 Å². The first-order valence-electron chi connectivity index (χ1n) is 6.21. The van der Waals surface area contributed by atoms with Gasteiger partial charge in [0.2, 0.25) is 0 Å². The van der Waals surface area contributed by atoms with E-state index in [0.29, 0.717) is 16.4 Å². The van der Waals surface area contributed by atoms with Crippen LogP contribution in [0.5, 0.6) is 0 Å². The molecule has 0 radical (unpaired) electrons. The molecule has 2 atom stereocenters. The summed E-state index contributed by atoms with van der Waals surface area (Å²) in [7, 11) is 0. The Morgan fingerprint density at radius 1 is 1.43 bits per heavy atom. The quantitative estimate of drug-likeness (QED) is 0.944. The number of hydrogen-bond acceptors (Lipinski definition) is 5. The molecule has 0 bridgehead atoms. The Balaban J connectivity index is 2.18. The monoisotopic (exact) mass is 305 g/mol. The van der Waals surface area contributed by atoms with Crippen LogP contribution in [0, 0.1) is 5.82 Å². The van der Waals surface area contributed by atoms with Crippen LogP contribution in [0.2, 0.25) is 0 Å². The lowest BCUT2D eigenvalue weighted by molar-refractivity contribution is -0.123. The summed E-state index contributed by atoms with van der Waals surface area (Å²) in [5, 5.41) is 0.252. The molecule has 1 aliphatic rings. The Morgan fingerprint density at radius 3 is 2.71 bits per heavy atom. The van der Waals surface area contributed by atoms with Crippen molar-refractivity contribution in [2.75, 3.05) is 0 Å². The van der Waals surface area contributed by atoms with Crippen LogP contribution < -0.4 is 5.73 Å². The molecule has 2 heterocycles. The fourth-order valence-corrected chi connectivity index (χ4v) is 3.70. The van der Waals surface area contributed by atoms with Crippen LogP contribution in [0.1, 0.15) is 23.5 Å². The van der Waals surface area contributed by atoms with E-state index in [1.54, 1.807) is 6.92 Å². The van der Waals surface area contributed by atoms with Crippen molar-refractivity contribution >= 4 is 22.7 Å². The summed E-state index contributed by atoms with van der Waals surface area (Å²) in [4.78, 5) is 20.5. The number of thioether (sulfide) groups is 1. The Hall–Kier alpha value is -2.15. The zero-order valence-corrected chi connectivity index (χ0v) is 11.9. The van der Waals surface area contributed by atoms with Crippen LogP contribution in [-0.4, -0.2) is 15.9 Å². The highest BCUT2D eigenvalue weighted by atomic mass is 32.2. The average Bonchev–Trinajstić information content (AvgIpc) is 3.07. The minimum Gasteiger partial charge on any atom is -0.447 e. The zero-order valence-electron chi connectivity index (χ0n) is 11.1. The van der Waals surface area contributed by atoms with Crippen molar-refractivity contribution in [1.82, 2.24) is 4.98 Å². The van der Waals surface area contributed by atoms with Gasteiger partial charge in [-0.3, -0.25) is 9.79 Å². The van der Waals surface area contributed by atoms with E-state index in [9.17, 15) is 9.18 Å². The molecule has 0 spiro atoms. The molecule has 2 N–H and O–H groups in total. The lowest BCUT2D eigenvalue weighted by atomic mass is 9.85. The highest BCUT2D eigenvalue weighted by Gasteiger charge is 2.52. The number of aliphatic imine (C=N–C) groups is 1. The van der Waals surface area contributed by atoms with Crippen molar-refractivity contribution in [3.05, 3.63) is 54.0 Å². The van der Waals surface area contributed by atoms with E-state index < -0.39 is 16.7 Å². The Morgan fingerprint density at radius 2 is 2.14 bits per heavy atom. The Labute approximate surface area is 124 Å². The molecule has 0 saturated carbocycles. The highest BCUT2D eigenvalue weighted by Crippen LogP contribution is 2.52. The number of aromatic nitrogens is 1. The standard InChI is InChI=1S/C14H12FN3O2S/c1-8-18-14(13(16)19,9-2-4-10(15)5-3-9)12(21-8)11-6-17-7-20-11/h2-7,12H,1H3,(H2,16,19). The molecule has 1 aliphatic heterocycles. The molecular weight excluding hydrogens is 293 g/mol. The van der Waals surface area contributed by atoms with Gasteiger partial charge in [-0.1, -0.05) is 23.9 Å². The number of oxazole rings is 1. The third-order valence-corrected chi connectivity index (χ3v) is 4.61. The first-order valence-corrected chi connectivity index (χ1v) is 7.09. The third-order valence-electron chi connectivity index (χ3n) is 3.37. The minimum absolute atomic E-state index is 0.388. The second kappa shape index (κ2) is 5.00. The van der Waals surface area contributed by atoms with Gasteiger partial charge in [-0.05, 0) is 24.6 Å². The summed E-state index contributed by atoms with van der Waals surface area (Å²) >= 11 is 1.38. The molecule has 0 fully saturated rings. The zero-order chi connectivity index (χ0) is 15.0. The molecule has 7 heteroatoms. The Bertz CT molecular complexity index is 700. The summed E-state index contributed by atoms with van der Waals surface area (Å²) < 4.78 is 18.5. The first-order chi connectivity index (χ1) is 10.0. The number of amides is 1. The second-order valence-corrected chi connectivity index (χ2v) is 5.97. The average molecular weight is 305 g/mol. The van der Waals surface area contributed by atoms with E-state index in [1.165, 1.54) is 48.6 Å². The van der Waals surface area contributed by atoms with E-state index in [4.69, 9.17) is 10.2 Å². The van der Waals surface area contributed by atoms with E-state index in [0.717, 1.165) is 0 Å². The number of benzene rings is 1. The summed E-state index contributed by atoms with van der Waals surface area (Å²) in [5.41, 5.74) is 4.86. The molecule has 2 unspecified atom stereocenters. The van der Waals surface area contributed by atoms with Gasteiger partial charge in [0.15, 0.2) is 11.9 Å². The van der Waals surface area contributed by atoms with Crippen molar-refractivity contribution in [3.8, 4) is 0 Å². The van der Waals surface area contributed by atoms with Crippen LogP contribution >= 0.6 is 11.8 Å². The van der Waals surface area contributed by atoms with Crippen molar-refractivity contribution < 1.29 is 13.6 Å². The van der Waals surface area contributed by atoms with Crippen molar-refractivity contribution in [2.45, 2.75) is 17.7 Å². The molecule has 0 aliphatic carbocycles. The van der Waals surface area contributed by atoms with Gasteiger partial charge < -0.3 is 10.2 Å². The predicted molar refractivity (Wildman–Crippen MR) is 77.2 cm³/mol. The maximum absolute atomic E-state index is 13.2. The fraction of sp³-hybridized carbons (Fsp3) is 0.214. The highest BCUT2D eigenvalue weighted by molar-refractivity contribution is 8.14. The molecule has 21 heavy (non-hydrogen) atoms. The maximum Gasteiger partial charge on any atom is 0.251 e. The fourth-order valence-electron chi connectivity index (χ4n) is 2.45. The molecule has 0 saturated heterocycles. The minimum atomic E-state index is -1.32. The molecule has 1 aromatic carbocycles. The molecule has 3 rings (SSSR count). The number of carbonyl (C=O) groups is 1. The van der Waals surface area contributed by atoms with E-state index in [-0.39, 0.29) is 5.82 Å². The molecule has 1 amide bonds. The largest absolute Gasteiger partial charge is 0.447 e. The van der Waals surface area contributed by atoms with E-state index in [2.05, 4.69) is 9.98 Å². The van der Waals surface area contributed by atoms with Gasteiger partial charge in [0.05, 0.1) is 11.2 Å². The lowest BCUT2D eigenvalue weighted by Crippen LogP contribution is -2.42. The second-order valence-electron chi connectivity index (χ2n) is 4.67. The van der Waals surface area contributed by atoms with Crippen molar-refractivity contribution in [2.24, 2.45) is 10.7 Å². The lowest BCUT2D eigenvalue weighted by Gasteiger charge is -2.28. The smallest absolute Gasteiger partial charge is 0.251 e. The normalized spacial score (nSPS) is 24.9. The molecule has 108 valence electrons. The number of nitrogens with two attached hydrogens (primary N) is 1. The SMILES string of the molecule is CC1=NC(C(N)=O)(c2ccc(F)cc2)C(c2cnco2)S1. The summed E-state index contributed by atoms with van der Waals surface area (Å²) in [6, 6.07) is 5.61. The number of primary amides is 1. The number of halogens is 1. The van der Waals surface area contributed by atoms with Crippen molar-refractivity contribution in [3.63, 3.8) is 0 Å². The van der Waals surface area contributed by atoms with Crippen LogP contribution in [0.15, 0.2) is 46.3 Å². The first kappa shape index (κ1) is 13.8. The van der Waals surface area contributed by atoms with Gasteiger partial charge in [-0.25, -0.2) is 9.37 Å². The van der Waals surface area contributed by atoms with Gasteiger partial charge in [-0.2, -0.15) is 0 Å². The number of nitrogens with zero attached hydrogens (tertiary/aromatic N) is 2. The summed E-state index contributed by atoms with van der Waals surface area (Å²) in [5.74, 6) is -0.496. The van der Waals surface area contributed by atoms with Gasteiger partial charge in [0.25, 0.3) is 5.91 Å². The van der Waals surface area contributed by atoms with Gasteiger partial charge in [0.1, 0.15) is 16.8 Å². The third kappa shape index (κ3) is 2.13. The van der Waals surface area contributed by atoms with Gasteiger partial charge in [-0.15, -0.1) is 0 Å². The number of rotatable bonds is 3. The van der Waals surface area contributed by atoms with Gasteiger partial charge >= 0.3 is 0 Å². The van der Waals surface area contributed by atoms with Crippen LogP contribution in [0.25, 0.3) is 0 Å². The number of hydrogen-bond donors (Lipinski definition) is 1. The Kier molecular flexibility index (Phi) is 3.29. The number of carbonyl (C=O) groups excluding carboxylic acids is 1. The maximum atomic E-state index is 13.2. The van der Waals surface area contributed by atoms with Crippen LogP contribution in [0.3, 0.4) is 0 Å². The summed E-state index contributed by atoms with van der Waals surface area (Å²) in [6.07, 6.45) is 2.83. The summed E-state index contributed by atoms with van der Waals surface area (Å²) in [6.45, 7) is 1.79. The van der Waals surface area contributed by atoms with Gasteiger partial charge in [0, 0.05) is 0 Å². The van der Waals surface area contributed by atoms with Crippen LogP contribution in [0.4, 0.5) is 4.39 Å². The molecule has 2 aromatic rings. The molecule has 1 aromatic heterocycles. The molecular formula is C14H12FN3O2S. The van der Waals surface area contributed by atoms with E-state index >= 15 is 0 Å².